The number of esters is 2. The summed E-state index contributed by atoms with van der Waals surface area (Å²) in [5, 5.41) is 0. The van der Waals surface area contributed by atoms with Crippen LogP contribution in [0.1, 0.15) is 77.7 Å². The summed E-state index contributed by atoms with van der Waals surface area (Å²) in [4.78, 5) is 69.0. The molecule has 0 radical (unpaired) electrons. The summed E-state index contributed by atoms with van der Waals surface area (Å²) in [5.74, 6) is -2.74. The van der Waals surface area contributed by atoms with Gasteiger partial charge in [-0.05, 0) is 50.5 Å². The van der Waals surface area contributed by atoms with Gasteiger partial charge in [0, 0.05) is 13.5 Å². The second-order valence-corrected chi connectivity index (χ2v) is 12.4. The Bertz CT molecular complexity index is 1230. The van der Waals surface area contributed by atoms with Crippen LogP contribution in [0.5, 0.6) is 0 Å². The molecule has 2 heterocycles. The van der Waals surface area contributed by atoms with Gasteiger partial charge in [0.25, 0.3) is 5.91 Å². The zero-order valence-electron chi connectivity index (χ0n) is 26.3. The van der Waals surface area contributed by atoms with Gasteiger partial charge in [-0.3, -0.25) is 24.0 Å². The van der Waals surface area contributed by atoms with Crippen molar-refractivity contribution in [3.8, 4) is 0 Å². The zero-order chi connectivity index (χ0) is 32.4. The summed E-state index contributed by atoms with van der Waals surface area (Å²) < 4.78 is 17.1. The molecule has 2 bridgehead atoms. The van der Waals surface area contributed by atoms with E-state index >= 15 is 0 Å². The van der Waals surface area contributed by atoms with E-state index in [2.05, 4.69) is 13.2 Å². The Morgan fingerprint density at radius 3 is 2.30 bits per heavy atom. The molecule has 2 unspecified atom stereocenters. The van der Waals surface area contributed by atoms with E-state index in [4.69, 9.17) is 14.2 Å². The Morgan fingerprint density at radius 2 is 1.67 bits per heavy atom. The van der Waals surface area contributed by atoms with Crippen LogP contribution >= 0.6 is 0 Å². The first-order valence-electron chi connectivity index (χ1n) is 16.0. The lowest BCUT2D eigenvalue weighted by molar-refractivity contribution is -0.169. The Morgan fingerprint density at radius 1 is 1.00 bits per heavy atom. The molecular weight excluding hydrogens is 588 g/mol. The highest BCUT2D eigenvalue weighted by molar-refractivity contribution is 6.38. The fraction of sp³-hybridized carbons (Fsp3) is 0.583. The summed E-state index contributed by atoms with van der Waals surface area (Å²) in [6.45, 7) is 9.27. The van der Waals surface area contributed by atoms with Gasteiger partial charge in [0.2, 0.25) is 11.7 Å². The fourth-order valence-corrected chi connectivity index (χ4v) is 6.77. The lowest BCUT2D eigenvalue weighted by Crippen LogP contribution is -2.67. The monoisotopic (exact) mass is 638 g/mol. The molecule has 0 spiro atoms. The Labute approximate surface area is 273 Å². The number of Topliss-reactive ketones (excluding diaryl/α,β-unsaturated/α-hetero) is 1. The number of nitrogens with zero attached hydrogens (tertiary/aromatic N) is 2. The summed E-state index contributed by atoms with van der Waals surface area (Å²) in [5.41, 5.74) is -0.0938. The van der Waals surface area contributed by atoms with Crippen LogP contribution in [0.25, 0.3) is 0 Å². The maximum absolute atomic E-state index is 13.9. The van der Waals surface area contributed by atoms with E-state index in [1.165, 1.54) is 11.8 Å². The number of piperazine rings is 1. The number of hydrogen-bond acceptors (Lipinski definition) is 8. The van der Waals surface area contributed by atoms with Gasteiger partial charge < -0.3 is 24.0 Å². The molecule has 10 heteroatoms. The summed E-state index contributed by atoms with van der Waals surface area (Å²) >= 11 is 0. The molecule has 2 amide bonds. The van der Waals surface area contributed by atoms with Crippen molar-refractivity contribution in [3.05, 3.63) is 61.2 Å². The lowest BCUT2D eigenvalue weighted by Gasteiger charge is -2.50. The Hall–Kier alpha value is -3.79. The molecule has 46 heavy (non-hydrogen) atoms. The van der Waals surface area contributed by atoms with Gasteiger partial charge in [0.15, 0.2) is 0 Å². The molecule has 10 nitrogen and oxygen atoms in total. The predicted octanol–water partition coefficient (Wildman–Crippen LogP) is 4.80. The van der Waals surface area contributed by atoms with E-state index in [9.17, 15) is 24.0 Å². The molecule has 1 aromatic carbocycles. The van der Waals surface area contributed by atoms with E-state index in [1.807, 2.05) is 30.3 Å². The van der Waals surface area contributed by atoms with Crippen LogP contribution in [-0.2, 0) is 44.8 Å². The van der Waals surface area contributed by atoms with Crippen LogP contribution in [0.3, 0.4) is 0 Å². The highest BCUT2D eigenvalue weighted by Gasteiger charge is 2.52. The molecule has 0 N–H and O–H groups in total. The summed E-state index contributed by atoms with van der Waals surface area (Å²) in [7, 11) is 0. The highest BCUT2D eigenvalue weighted by atomic mass is 16.6. The van der Waals surface area contributed by atoms with Crippen LogP contribution in [0, 0.1) is 11.3 Å². The summed E-state index contributed by atoms with van der Waals surface area (Å²) in [6.07, 6.45) is 8.04. The molecule has 3 atom stereocenters. The average Bonchev–Trinajstić information content (AvgIpc) is 3.53. The van der Waals surface area contributed by atoms with Crippen molar-refractivity contribution in [1.29, 1.82) is 0 Å². The number of hydrogen-bond donors (Lipinski definition) is 0. The number of carbonyl (C=O) groups excluding carboxylic acids is 5. The molecule has 4 rings (SSSR count). The number of allylic oxidation sites excluding steroid dienone is 2. The zero-order valence-corrected chi connectivity index (χ0v) is 26.3. The predicted molar refractivity (Wildman–Crippen MR) is 173 cm³/mol. The molecule has 0 aromatic heterocycles. The number of ketones is 1. The van der Waals surface area contributed by atoms with Crippen LogP contribution in [0.4, 0.5) is 0 Å². The number of rotatable bonds is 16. The van der Waals surface area contributed by atoms with Crippen molar-refractivity contribution >= 4 is 29.5 Å². The quantitative estimate of drug-likeness (QED) is 0.144. The number of carbonyl (C=O) groups is 5. The molecule has 1 aliphatic carbocycles. The second-order valence-electron chi connectivity index (χ2n) is 12.4. The minimum absolute atomic E-state index is 0. The summed E-state index contributed by atoms with van der Waals surface area (Å²) in [6, 6.07) is 8.51. The second kappa shape index (κ2) is 17.2. The van der Waals surface area contributed by atoms with Crippen LogP contribution in [-0.4, -0.2) is 83.8 Å². The topological polar surface area (TPSA) is 120 Å². The molecule has 3 fully saturated rings. The van der Waals surface area contributed by atoms with Crippen LogP contribution < -0.4 is 0 Å². The Balaban J connectivity index is 0.00000576. The number of likely N-dealkylation sites (tertiary alicyclic amines) is 1. The average molecular weight is 639 g/mol. The number of benzene rings is 1. The van der Waals surface area contributed by atoms with Gasteiger partial charge in [-0.25, -0.2) is 0 Å². The first kappa shape index (κ1) is 36.7. The van der Waals surface area contributed by atoms with Gasteiger partial charge in [0.05, 0.1) is 30.5 Å². The van der Waals surface area contributed by atoms with Crippen LogP contribution in [0.15, 0.2) is 55.6 Å². The number of amides is 2. The number of fused-ring (bicyclic) bond motifs is 2. The van der Waals surface area contributed by atoms with Crippen molar-refractivity contribution < 1.29 is 38.2 Å². The molecular formula is C36H50N2O8. The molecule has 1 aromatic rings. The fourth-order valence-electron chi connectivity index (χ4n) is 6.77. The molecule has 252 valence electrons. The van der Waals surface area contributed by atoms with Gasteiger partial charge in [0.1, 0.15) is 25.4 Å². The first-order valence-corrected chi connectivity index (χ1v) is 16.0. The van der Waals surface area contributed by atoms with E-state index in [0.717, 1.165) is 24.8 Å². The SMILES string of the molecule is C.C=CCC(CC=C)C(=O)OC[C@@H](CN1CC2CCCC(C1=O)N2C(=O)C(=O)C1(COC(C)=O)CCCC1)OCc1ccccc1. The molecule has 2 aliphatic heterocycles. The minimum atomic E-state index is -1.04. The van der Waals surface area contributed by atoms with Gasteiger partial charge in [-0.1, -0.05) is 62.8 Å². The standard InChI is InChI=1S/C35H46N2O8.CH4/c1-4-12-27(13-5-2)34(42)44-23-29(43-22-26-14-7-6-8-15-26)21-36-20-28-16-11-17-30(32(36)40)37(28)33(41)31(39)35(18-9-10-19-35)24-45-25(3)38;/h4-8,14-15,27-30H,1-2,9-13,16-24H2,3H3;1H4/t28?,29-,30?;/m1./s1. The molecule has 1 saturated carbocycles. The third-order valence-corrected chi connectivity index (χ3v) is 9.19. The smallest absolute Gasteiger partial charge is 0.309 e. The van der Waals surface area contributed by atoms with Crippen molar-refractivity contribution in [1.82, 2.24) is 9.80 Å². The maximum atomic E-state index is 13.9. The third kappa shape index (κ3) is 8.93. The van der Waals surface area contributed by atoms with Crippen molar-refractivity contribution in [2.75, 3.05) is 26.3 Å². The van der Waals surface area contributed by atoms with Gasteiger partial charge in [-0.2, -0.15) is 0 Å². The number of piperidine rings is 1. The normalized spacial score (nSPS) is 20.8. The number of ether oxygens (including phenoxy) is 3. The van der Waals surface area contributed by atoms with Gasteiger partial charge in [-0.15, -0.1) is 13.2 Å². The van der Waals surface area contributed by atoms with Crippen LogP contribution in [0.2, 0.25) is 0 Å². The maximum Gasteiger partial charge on any atom is 0.309 e. The Kier molecular flexibility index (Phi) is 13.7. The van der Waals surface area contributed by atoms with Crippen molar-refractivity contribution in [2.45, 2.75) is 96.9 Å². The van der Waals surface area contributed by atoms with E-state index in [1.54, 1.807) is 17.1 Å². The van der Waals surface area contributed by atoms with Crippen molar-refractivity contribution in [3.63, 3.8) is 0 Å². The molecule has 2 saturated heterocycles. The van der Waals surface area contributed by atoms with Gasteiger partial charge >= 0.3 is 11.9 Å². The first-order chi connectivity index (χ1) is 21.7. The lowest BCUT2D eigenvalue weighted by atomic mass is 9.80. The molecule has 3 aliphatic rings. The van der Waals surface area contributed by atoms with E-state index < -0.39 is 41.1 Å². The highest BCUT2D eigenvalue weighted by Crippen LogP contribution is 2.41. The third-order valence-electron chi connectivity index (χ3n) is 9.19. The largest absolute Gasteiger partial charge is 0.465 e. The van der Waals surface area contributed by atoms with E-state index in [0.29, 0.717) is 38.5 Å². The minimum Gasteiger partial charge on any atom is -0.465 e. The van der Waals surface area contributed by atoms with Crippen molar-refractivity contribution in [2.24, 2.45) is 11.3 Å². The van der Waals surface area contributed by atoms with E-state index in [-0.39, 0.29) is 58.3 Å².